The number of allylic oxidation sites excluding steroid dienone is 2. The fourth-order valence-electron chi connectivity index (χ4n) is 5.89. The molecule has 3 aliphatic rings. The van der Waals surface area contributed by atoms with Crippen LogP contribution in [0.1, 0.15) is 43.9 Å². The number of para-hydroxylation sites is 2. The van der Waals surface area contributed by atoms with E-state index < -0.39 is 0 Å². The third-order valence-electron chi connectivity index (χ3n) is 7.12. The molecule has 1 heterocycles. The SMILES string of the molecule is CC1=C2c3cccc4c3C2(CC1(C)C)c1ccccc1N4c1ccccc1. The molecule has 1 aliphatic heterocycles. The lowest BCUT2D eigenvalue weighted by Crippen LogP contribution is -2.43. The van der Waals surface area contributed by atoms with Crippen molar-refractivity contribution >= 4 is 22.6 Å². The first-order chi connectivity index (χ1) is 13.1. The fraction of sp³-hybridized carbons (Fsp3) is 0.231. The van der Waals surface area contributed by atoms with Crippen molar-refractivity contribution in [2.24, 2.45) is 5.41 Å². The first-order valence-corrected chi connectivity index (χ1v) is 9.86. The van der Waals surface area contributed by atoms with Crippen LogP contribution < -0.4 is 4.90 Å². The molecule has 0 aromatic heterocycles. The minimum Gasteiger partial charge on any atom is -0.310 e. The minimum atomic E-state index is 0.0708. The van der Waals surface area contributed by atoms with Crippen LogP contribution in [0.2, 0.25) is 0 Å². The average molecular weight is 349 g/mol. The van der Waals surface area contributed by atoms with Crippen molar-refractivity contribution < 1.29 is 0 Å². The molecule has 1 nitrogen and oxygen atoms in total. The van der Waals surface area contributed by atoms with Crippen LogP contribution >= 0.6 is 0 Å². The summed E-state index contributed by atoms with van der Waals surface area (Å²) in [6.07, 6.45) is 1.17. The number of rotatable bonds is 1. The zero-order chi connectivity index (χ0) is 18.4. The Balaban J connectivity index is 1.73. The zero-order valence-electron chi connectivity index (χ0n) is 16.1. The second-order valence-corrected chi connectivity index (χ2v) is 8.85. The average Bonchev–Trinajstić information content (AvgIpc) is 2.84. The highest BCUT2D eigenvalue weighted by atomic mass is 15.2. The van der Waals surface area contributed by atoms with E-state index in [1.807, 2.05) is 0 Å². The summed E-state index contributed by atoms with van der Waals surface area (Å²) in [4.78, 5) is 2.46. The van der Waals surface area contributed by atoms with Gasteiger partial charge in [0.05, 0.1) is 16.8 Å². The molecule has 27 heavy (non-hydrogen) atoms. The van der Waals surface area contributed by atoms with E-state index >= 15 is 0 Å². The molecule has 2 aliphatic carbocycles. The molecule has 1 atom stereocenters. The molecular weight excluding hydrogens is 326 g/mol. The summed E-state index contributed by atoms with van der Waals surface area (Å²) in [6, 6.07) is 26.7. The van der Waals surface area contributed by atoms with Gasteiger partial charge in [0, 0.05) is 5.69 Å². The van der Waals surface area contributed by atoms with Crippen LogP contribution in [-0.2, 0) is 5.41 Å². The highest BCUT2D eigenvalue weighted by molar-refractivity contribution is 6.05. The van der Waals surface area contributed by atoms with Crippen molar-refractivity contribution in [1.82, 2.24) is 0 Å². The normalized spacial score (nSPS) is 23.4. The van der Waals surface area contributed by atoms with Crippen molar-refractivity contribution in [3.8, 4) is 0 Å². The summed E-state index contributed by atoms with van der Waals surface area (Å²) in [5.41, 5.74) is 11.8. The Hall–Kier alpha value is -2.80. The minimum absolute atomic E-state index is 0.0708. The largest absolute Gasteiger partial charge is 0.310 e. The monoisotopic (exact) mass is 349 g/mol. The third-order valence-corrected chi connectivity index (χ3v) is 7.12. The summed E-state index contributed by atoms with van der Waals surface area (Å²) in [6.45, 7) is 7.18. The van der Waals surface area contributed by atoms with E-state index in [-0.39, 0.29) is 10.8 Å². The molecule has 0 saturated carbocycles. The van der Waals surface area contributed by atoms with Crippen molar-refractivity contribution in [3.05, 3.63) is 95.1 Å². The van der Waals surface area contributed by atoms with Crippen LogP contribution in [0.15, 0.2) is 78.4 Å². The number of anilines is 3. The van der Waals surface area contributed by atoms with E-state index in [0.29, 0.717) is 0 Å². The Morgan fingerprint density at radius 1 is 0.778 bits per heavy atom. The van der Waals surface area contributed by atoms with Crippen LogP contribution in [0.25, 0.3) is 5.57 Å². The maximum absolute atomic E-state index is 2.46. The molecule has 1 heteroatoms. The lowest BCUT2D eigenvalue weighted by atomic mass is 9.54. The van der Waals surface area contributed by atoms with Crippen LogP contribution in [-0.4, -0.2) is 0 Å². The van der Waals surface area contributed by atoms with Crippen molar-refractivity contribution in [1.29, 1.82) is 0 Å². The summed E-state index contributed by atoms with van der Waals surface area (Å²) in [7, 11) is 0. The van der Waals surface area contributed by atoms with Gasteiger partial charge in [-0.2, -0.15) is 0 Å². The number of hydrogen-bond acceptors (Lipinski definition) is 1. The maximum atomic E-state index is 2.46. The molecule has 3 aromatic carbocycles. The lowest BCUT2D eigenvalue weighted by molar-refractivity contribution is 0.380. The van der Waals surface area contributed by atoms with Gasteiger partial charge in [-0.1, -0.05) is 68.0 Å². The van der Waals surface area contributed by atoms with Gasteiger partial charge in [0.15, 0.2) is 0 Å². The van der Waals surface area contributed by atoms with Crippen LogP contribution in [0.4, 0.5) is 17.1 Å². The summed E-state index contributed by atoms with van der Waals surface area (Å²) >= 11 is 0. The summed E-state index contributed by atoms with van der Waals surface area (Å²) < 4.78 is 0. The molecule has 1 spiro atoms. The van der Waals surface area contributed by atoms with E-state index in [9.17, 15) is 0 Å². The Morgan fingerprint density at radius 2 is 1.48 bits per heavy atom. The lowest BCUT2D eigenvalue weighted by Gasteiger charge is -2.53. The predicted octanol–water partition coefficient (Wildman–Crippen LogP) is 6.97. The zero-order valence-corrected chi connectivity index (χ0v) is 16.1. The molecule has 0 fully saturated rings. The highest BCUT2D eigenvalue weighted by Gasteiger charge is 2.61. The Morgan fingerprint density at radius 3 is 2.30 bits per heavy atom. The number of nitrogens with zero attached hydrogens (tertiary/aromatic N) is 1. The first-order valence-electron chi connectivity index (χ1n) is 9.86. The summed E-state index contributed by atoms with van der Waals surface area (Å²) in [5, 5.41) is 0. The van der Waals surface area contributed by atoms with Gasteiger partial charge in [0.25, 0.3) is 0 Å². The molecule has 0 N–H and O–H groups in total. The third kappa shape index (κ3) is 1.62. The van der Waals surface area contributed by atoms with E-state index in [1.54, 1.807) is 11.1 Å². The Bertz CT molecular complexity index is 1140. The van der Waals surface area contributed by atoms with Gasteiger partial charge < -0.3 is 4.90 Å². The van der Waals surface area contributed by atoms with Gasteiger partial charge in [0.1, 0.15) is 0 Å². The fourth-order valence-corrected chi connectivity index (χ4v) is 5.89. The number of benzene rings is 3. The first kappa shape index (κ1) is 15.3. The molecule has 0 bridgehead atoms. The Labute approximate surface area is 161 Å². The molecule has 132 valence electrons. The smallest absolute Gasteiger partial charge is 0.0512 e. The molecular formula is C26H23N. The van der Waals surface area contributed by atoms with Crippen molar-refractivity contribution in [3.63, 3.8) is 0 Å². The van der Waals surface area contributed by atoms with Gasteiger partial charge in [-0.05, 0) is 65.3 Å². The van der Waals surface area contributed by atoms with Crippen molar-refractivity contribution in [2.75, 3.05) is 4.90 Å². The topological polar surface area (TPSA) is 3.24 Å². The molecule has 1 unspecified atom stereocenters. The number of hydrogen-bond donors (Lipinski definition) is 0. The molecule has 6 rings (SSSR count). The van der Waals surface area contributed by atoms with Crippen molar-refractivity contribution in [2.45, 2.75) is 32.6 Å². The second-order valence-electron chi connectivity index (χ2n) is 8.85. The van der Waals surface area contributed by atoms with Gasteiger partial charge in [-0.15, -0.1) is 0 Å². The summed E-state index contributed by atoms with van der Waals surface area (Å²) in [5.74, 6) is 0. The highest BCUT2D eigenvalue weighted by Crippen LogP contribution is 2.73. The maximum Gasteiger partial charge on any atom is 0.0512 e. The predicted molar refractivity (Wildman–Crippen MR) is 113 cm³/mol. The van der Waals surface area contributed by atoms with E-state index in [4.69, 9.17) is 0 Å². The Kier molecular flexibility index (Phi) is 2.67. The molecule has 0 saturated heterocycles. The standard InChI is InChI=1S/C26H23N/c1-17-23-19-12-9-15-22-24(19)26(23,16-25(17,2)3)20-13-7-8-14-21(20)27(22)18-10-5-4-6-11-18/h4-15H,16H2,1-3H3. The van der Waals surface area contributed by atoms with Crippen LogP contribution in [0.5, 0.6) is 0 Å². The van der Waals surface area contributed by atoms with Gasteiger partial charge in [-0.3, -0.25) is 0 Å². The van der Waals surface area contributed by atoms with Gasteiger partial charge >= 0.3 is 0 Å². The molecule has 0 radical (unpaired) electrons. The van der Waals surface area contributed by atoms with E-state index in [2.05, 4.69) is 98.5 Å². The quantitative estimate of drug-likeness (QED) is 0.458. The number of fused-ring (bicyclic) bond motifs is 2. The molecule has 0 amide bonds. The molecule has 3 aromatic rings. The van der Waals surface area contributed by atoms with E-state index in [1.165, 1.54) is 40.2 Å². The van der Waals surface area contributed by atoms with E-state index in [0.717, 1.165) is 0 Å². The van der Waals surface area contributed by atoms with Gasteiger partial charge in [0.2, 0.25) is 0 Å². The van der Waals surface area contributed by atoms with Crippen LogP contribution in [0, 0.1) is 5.41 Å². The van der Waals surface area contributed by atoms with Crippen LogP contribution in [0.3, 0.4) is 0 Å². The van der Waals surface area contributed by atoms with Gasteiger partial charge in [-0.25, -0.2) is 0 Å². The second kappa shape index (κ2) is 4.72.